The smallest absolute Gasteiger partial charge is 0.233 e. The van der Waals surface area contributed by atoms with Crippen LogP contribution in [0.4, 0.5) is 22.7 Å². The fraction of sp³-hybridized carbons (Fsp3) is 0.171. The van der Waals surface area contributed by atoms with E-state index in [9.17, 15) is 0 Å². The van der Waals surface area contributed by atoms with E-state index in [1.54, 1.807) is 6.20 Å². The Labute approximate surface area is 293 Å². The number of rotatable bonds is 3. The SMILES string of the molecule is CN1c2c[c-]c(-c3cc(CC(C)(C)C)ccn3)cc2B2c3ccccc3N(C)c3cccc1c32.[Ir].[c-]1ccccc1-c1ccccn1. The predicted octanol–water partition coefficient (Wildman–Crippen LogP) is 7.36. The van der Waals surface area contributed by atoms with Crippen molar-refractivity contribution in [2.24, 2.45) is 5.41 Å². The van der Waals surface area contributed by atoms with Crippen LogP contribution in [0, 0.1) is 17.5 Å². The quantitative estimate of drug-likeness (QED) is 0.139. The first kappa shape index (κ1) is 32.4. The van der Waals surface area contributed by atoms with Gasteiger partial charge in [0, 0.05) is 63.7 Å². The van der Waals surface area contributed by atoms with Gasteiger partial charge in [-0.25, -0.2) is 0 Å². The van der Waals surface area contributed by atoms with Crippen molar-refractivity contribution < 1.29 is 20.1 Å². The van der Waals surface area contributed by atoms with Crippen molar-refractivity contribution in [3.8, 4) is 22.5 Å². The zero-order chi connectivity index (χ0) is 31.8. The Kier molecular flexibility index (Phi) is 9.19. The van der Waals surface area contributed by atoms with E-state index >= 15 is 0 Å². The van der Waals surface area contributed by atoms with Crippen LogP contribution in [-0.2, 0) is 26.5 Å². The van der Waals surface area contributed by atoms with Crippen LogP contribution >= 0.6 is 0 Å². The van der Waals surface area contributed by atoms with E-state index in [2.05, 4.69) is 129 Å². The molecule has 0 aliphatic carbocycles. The molecule has 4 aromatic carbocycles. The number of hydrogen-bond donors (Lipinski definition) is 0. The first-order valence-electron chi connectivity index (χ1n) is 15.9. The molecule has 6 heteroatoms. The van der Waals surface area contributed by atoms with Gasteiger partial charge >= 0.3 is 0 Å². The summed E-state index contributed by atoms with van der Waals surface area (Å²) in [7, 11) is 4.34. The number of anilines is 4. The Morgan fingerprint density at radius 1 is 0.638 bits per heavy atom. The van der Waals surface area contributed by atoms with E-state index in [0.29, 0.717) is 0 Å². The van der Waals surface area contributed by atoms with E-state index in [1.807, 2.05) is 48.7 Å². The molecular weight excluding hydrogens is 752 g/mol. The topological polar surface area (TPSA) is 32.3 Å². The molecule has 0 saturated heterocycles. The normalized spacial score (nSPS) is 12.6. The van der Waals surface area contributed by atoms with Gasteiger partial charge in [-0.3, -0.25) is 0 Å². The molecule has 47 heavy (non-hydrogen) atoms. The second kappa shape index (κ2) is 13.3. The maximum atomic E-state index is 4.74. The van der Waals surface area contributed by atoms with E-state index in [1.165, 1.54) is 44.7 Å². The Morgan fingerprint density at radius 3 is 2.06 bits per heavy atom. The van der Waals surface area contributed by atoms with E-state index in [0.717, 1.165) is 28.9 Å². The third-order valence-corrected chi connectivity index (χ3v) is 8.80. The first-order valence-corrected chi connectivity index (χ1v) is 15.9. The average Bonchev–Trinajstić information content (AvgIpc) is 3.08. The van der Waals surface area contributed by atoms with Crippen LogP contribution < -0.4 is 26.2 Å². The summed E-state index contributed by atoms with van der Waals surface area (Å²) in [4.78, 5) is 13.6. The summed E-state index contributed by atoms with van der Waals surface area (Å²) < 4.78 is 0. The second-order valence-electron chi connectivity index (χ2n) is 13.3. The molecule has 2 aliphatic rings. The van der Waals surface area contributed by atoms with Crippen molar-refractivity contribution in [1.82, 2.24) is 9.97 Å². The fourth-order valence-electron chi connectivity index (χ4n) is 6.79. The molecule has 4 nitrogen and oxygen atoms in total. The molecule has 2 aromatic heterocycles. The molecule has 0 unspecified atom stereocenters. The minimum absolute atomic E-state index is 0. The Morgan fingerprint density at radius 2 is 1.34 bits per heavy atom. The number of aromatic nitrogens is 2. The molecule has 0 amide bonds. The predicted molar refractivity (Wildman–Crippen MR) is 194 cm³/mol. The van der Waals surface area contributed by atoms with Crippen LogP contribution in [-0.4, -0.2) is 30.8 Å². The van der Waals surface area contributed by atoms with Crippen LogP contribution in [0.2, 0.25) is 0 Å². The van der Waals surface area contributed by atoms with Crippen LogP contribution in [0.1, 0.15) is 26.3 Å². The van der Waals surface area contributed by atoms with Gasteiger partial charge in [-0.05, 0) is 70.2 Å². The van der Waals surface area contributed by atoms with E-state index < -0.39 is 0 Å². The van der Waals surface area contributed by atoms with Gasteiger partial charge < -0.3 is 19.8 Å². The molecule has 0 saturated carbocycles. The third kappa shape index (κ3) is 6.41. The number of pyridine rings is 2. The summed E-state index contributed by atoms with van der Waals surface area (Å²) in [5.74, 6) is 0. The molecule has 0 N–H and O–H groups in total. The Hall–Kier alpha value is -4.51. The standard InChI is InChI=1S/C30H29BN3.C11H8N.Ir/c1-30(2,3)19-20-15-16-32-24(17-20)21-13-14-26-23(18-21)31-22-9-6-7-10-25(22)33(4)27-11-8-12-28(29(27)31)34(26)5;1-2-6-10(7-3-1)11-8-4-5-9-12-11;/h6-12,14-18H,19H2,1-5H3;1-6,8-9H;/q2*-1;. The molecule has 2 aliphatic heterocycles. The summed E-state index contributed by atoms with van der Waals surface area (Å²) >= 11 is 0. The van der Waals surface area contributed by atoms with Gasteiger partial charge in [-0.1, -0.05) is 68.8 Å². The molecule has 235 valence electrons. The number of benzene rings is 4. The minimum Gasteiger partial charge on any atom is -0.385 e. The van der Waals surface area contributed by atoms with Gasteiger partial charge in [0.1, 0.15) is 0 Å². The molecular formula is C41H37BIrN4-2. The first-order chi connectivity index (χ1) is 22.3. The number of nitrogens with zero attached hydrogens (tertiary/aromatic N) is 4. The molecule has 1 radical (unpaired) electrons. The zero-order valence-corrected chi connectivity index (χ0v) is 29.8. The van der Waals surface area contributed by atoms with Crippen molar-refractivity contribution in [3.05, 3.63) is 139 Å². The van der Waals surface area contributed by atoms with E-state index in [4.69, 9.17) is 4.98 Å². The van der Waals surface area contributed by atoms with Crippen LogP contribution in [0.3, 0.4) is 0 Å². The maximum absolute atomic E-state index is 4.74. The van der Waals surface area contributed by atoms with Crippen molar-refractivity contribution in [1.29, 1.82) is 0 Å². The molecule has 4 heterocycles. The van der Waals surface area contributed by atoms with Gasteiger partial charge in [0.2, 0.25) is 6.71 Å². The zero-order valence-electron chi connectivity index (χ0n) is 27.5. The van der Waals surface area contributed by atoms with Gasteiger partial charge in [0.25, 0.3) is 0 Å². The third-order valence-electron chi connectivity index (χ3n) is 8.80. The summed E-state index contributed by atoms with van der Waals surface area (Å²) in [5.41, 5.74) is 14.7. The van der Waals surface area contributed by atoms with Crippen molar-refractivity contribution in [2.75, 3.05) is 23.9 Å². The summed E-state index contributed by atoms with van der Waals surface area (Å²) in [6, 6.07) is 44.7. The monoisotopic (exact) mass is 789 g/mol. The van der Waals surface area contributed by atoms with E-state index in [-0.39, 0.29) is 32.2 Å². The molecule has 0 bridgehead atoms. The van der Waals surface area contributed by atoms with Crippen molar-refractivity contribution in [3.63, 3.8) is 0 Å². The molecule has 0 fully saturated rings. The number of para-hydroxylation sites is 1. The van der Waals surface area contributed by atoms with Crippen LogP contribution in [0.15, 0.2) is 122 Å². The Balaban J connectivity index is 0.000000250. The average molecular weight is 789 g/mol. The number of fused-ring (bicyclic) bond motifs is 4. The van der Waals surface area contributed by atoms with Gasteiger partial charge in [0.15, 0.2) is 0 Å². The fourth-order valence-corrected chi connectivity index (χ4v) is 6.79. The van der Waals surface area contributed by atoms with Crippen LogP contribution in [0.5, 0.6) is 0 Å². The van der Waals surface area contributed by atoms with Crippen LogP contribution in [0.25, 0.3) is 22.5 Å². The van der Waals surface area contributed by atoms with Gasteiger partial charge in [0.05, 0.1) is 0 Å². The molecule has 0 atom stereocenters. The molecule has 0 spiro atoms. The summed E-state index contributed by atoms with van der Waals surface area (Å²) in [6.07, 6.45) is 4.75. The summed E-state index contributed by atoms with van der Waals surface area (Å²) in [5, 5.41) is 0. The number of hydrogen-bond acceptors (Lipinski definition) is 4. The molecule has 6 aromatic rings. The summed E-state index contributed by atoms with van der Waals surface area (Å²) in [6.45, 7) is 7.03. The van der Waals surface area contributed by atoms with Crippen molar-refractivity contribution >= 4 is 45.9 Å². The largest absolute Gasteiger partial charge is 0.385 e. The maximum Gasteiger partial charge on any atom is 0.233 e. The second-order valence-corrected chi connectivity index (χ2v) is 13.3. The van der Waals surface area contributed by atoms with Gasteiger partial charge in [-0.15, -0.1) is 65.1 Å². The molecule has 8 rings (SSSR count). The Bertz CT molecular complexity index is 1950. The minimum atomic E-state index is 0. The van der Waals surface area contributed by atoms with Crippen molar-refractivity contribution in [2.45, 2.75) is 27.2 Å². The van der Waals surface area contributed by atoms with Gasteiger partial charge in [-0.2, -0.15) is 0 Å².